The average Bonchev–Trinajstić information content (AvgIpc) is 3.10. The van der Waals surface area contributed by atoms with Crippen LogP contribution in [0.15, 0.2) is 40.2 Å². The van der Waals surface area contributed by atoms with Crippen molar-refractivity contribution < 1.29 is 0 Å². The minimum Gasteiger partial charge on any atom is -0.368 e. The number of imidazole rings is 1. The van der Waals surface area contributed by atoms with Crippen LogP contribution in [0.2, 0.25) is 5.02 Å². The fourth-order valence-corrected chi connectivity index (χ4v) is 3.02. The van der Waals surface area contributed by atoms with Crippen LogP contribution in [0.1, 0.15) is 5.82 Å². The fraction of sp³-hybridized carbons (Fsp3) is 0.176. The van der Waals surface area contributed by atoms with Crippen molar-refractivity contribution >= 4 is 40.3 Å². The minimum atomic E-state index is -0.456. The zero-order valence-corrected chi connectivity index (χ0v) is 16.3. The summed E-state index contributed by atoms with van der Waals surface area (Å²) in [5, 5.41) is 3.64. The Morgan fingerprint density at radius 2 is 1.79 bits per heavy atom. The molecule has 148 valence electrons. The van der Waals surface area contributed by atoms with E-state index in [2.05, 4.69) is 25.3 Å². The molecule has 12 heteroatoms. The van der Waals surface area contributed by atoms with Crippen LogP contribution in [-0.2, 0) is 20.6 Å². The molecule has 0 bridgehead atoms. The first kappa shape index (κ1) is 18.6. The van der Waals surface area contributed by atoms with Gasteiger partial charge in [-0.25, -0.2) is 9.78 Å². The summed E-state index contributed by atoms with van der Waals surface area (Å²) >= 11 is 5.89. The second kappa shape index (κ2) is 7.02. The molecule has 0 radical (unpaired) electrons. The first-order chi connectivity index (χ1) is 13.8. The molecule has 0 aliphatic rings. The van der Waals surface area contributed by atoms with Crippen molar-refractivity contribution in [1.82, 2.24) is 33.6 Å². The lowest BCUT2D eigenvalue weighted by Crippen LogP contribution is -2.37. The monoisotopic (exact) mass is 413 g/mol. The highest BCUT2D eigenvalue weighted by Gasteiger charge is 2.15. The van der Waals surface area contributed by atoms with Gasteiger partial charge in [0.1, 0.15) is 0 Å². The number of anilines is 3. The number of rotatable bonds is 4. The van der Waals surface area contributed by atoms with Gasteiger partial charge in [-0.2, -0.15) is 15.0 Å². The van der Waals surface area contributed by atoms with Gasteiger partial charge < -0.3 is 15.6 Å². The molecule has 3 N–H and O–H groups in total. The van der Waals surface area contributed by atoms with E-state index in [9.17, 15) is 9.59 Å². The molecule has 0 saturated carbocycles. The predicted molar refractivity (Wildman–Crippen MR) is 108 cm³/mol. The average molecular weight is 414 g/mol. The molecule has 0 spiro atoms. The number of aryl methyl sites for hydroxylation is 1. The summed E-state index contributed by atoms with van der Waals surface area (Å²) in [6.07, 6.45) is 1.46. The molecule has 0 unspecified atom stereocenters. The first-order valence-corrected chi connectivity index (χ1v) is 8.85. The Morgan fingerprint density at radius 3 is 2.52 bits per heavy atom. The molecular weight excluding hydrogens is 398 g/mol. The molecule has 0 fully saturated rings. The highest BCUT2D eigenvalue weighted by Crippen LogP contribution is 2.17. The molecule has 0 atom stereocenters. The number of halogens is 1. The number of nitrogen functional groups attached to an aromatic ring is 1. The van der Waals surface area contributed by atoms with E-state index in [1.54, 1.807) is 35.9 Å². The van der Waals surface area contributed by atoms with E-state index in [-0.39, 0.29) is 29.6 Å². The van der Waals surface area contributed by atoms with E-state index in [1.807, 2.05) is 0 Å². The maximum absolute atomic E-state index is 12.6. The van der Waals surface area contributed by atoms with Crippen LogP contribution in [-0.4, -0.2) is 33.6 Å². The van der Waals surface area contributed by atoms with Gasteiger partial charge in [0.25, 0.3) is 5.56 Å². The van der Waals surface area contributed by atoms with Crippen LogP contribution < -0.4 is 22.3 Å². The summed E-state index contributed by atoms with van der Waals surface area (Å²) in [5.74, 6) is 0.597. The molecule has 29 heavy (non-hydrogen) atoms. The zero-order chi connectivity index (χ0) is 20.7. The fourth-order valence-electron chi connectivity index (χ4n) is 2.90. The lowest BCUT2D eigenvalue weighted by atomic mass is 10.3. The standard InChI is InChI=1S/C17H16ClN9O2/c1-25-13-12(14(28)26(2)17(25)29)27(8-20-13)7-11-22-15(19)24-16(23-11)21-10-5-3-9(18)4-6-10/h3-6,8H,7H2,1-2H3,(H3,19,21,22,23,24). The SMILES string of the molecule is Cn1c(=O)c2c(ncn2Cc2nc(N)nc(Nc3ccc(Cl)cc3)n2)n(C)c1=O. The molecule has 4 rings (SSSR count). The number of nitrogens with one attached hydrogen (secondary N) is 1. The summed E-state index contributed by atoms with van der Waals surface area (Å²) in [6, 6.07) is 7.01. The van der Waals surface area contributed by atoms with Crippen molar-refractivity contribution in [2.45, 2.75) is 6.54 Å². The normalized spacial score (nSPS) is 11.1. The second-order valence-electron chi connectivity index (χ2n) is 6.32. The Hall–Kier alpha value is -3.73. The Balaban J connectivity index is 1.72. The number of benzene rings is 1. The van der Waals surface area contributed by atoms with Crippen LogP contribution in [0.4, 0.5) is 17.6 Å². The summed E-state index contributed by atoms with van der Waals surface area (Å²) in [4.78, 5) is 41.4. The highest BCUT2D eigenvalue weighted by atomic mass is 35.5. The maximum Gasteiger partial charge on any atom is 0.332 e. The molecule has 11 nitrogen and oxygen atoms in total. The molecule has 0 aliphatic carbocycles. The van der Waals surface area contributed by atoms with Gasteiger partial charge in [-0.3, -0.25) is 13.9 Å². The van der Waals surface area contributed by atoms with Crippen molar-refractivity contribution in [2.24, 2.45) is 14.1 Å². The Kier molecular flexibility index (Phi) is 4.51. The van der Waals surface area contributed by atoms with Crippen LogP contribution in [0.3, 0.4) is 0 Å². The number of nitrogens with zero attached hydrogens (tertiary/aromatic N) is 7. The number of hydrogen-bond acceptors (Lipinski definition) is 8. The van der Waals surface area contributed by atoms with Gasteiger partial charge in [0.2, 0.25) is 11.9 Å². The lowest BCUT2D eigenvalue weighted by Gasteiger charge is -2.09. The van der Waals surface area contributed by atoms with Crippen molar-refractivity contribution in [3.8, 4) is 0 Å². The quantitative estimate of drug-likeness (QED) is 0.497. The van der Waals surface area contributed by atoms with E-state index in [0.29, 0.717) is 10.8 Å². The van der Waals surface area contributed by atoms with E-state index in [1.165, 1.54) is 17.9 Å². The molecule has 3 heterocycles. The van der Waals surface area contributed by atoms with Gasteiger partial charge >= 0.3 is 5.69 Å². The summed E-state index contributed by atoms with van der Waals surface area (Å²) in [7, 11) is 2.97. The largest absolute Gasteiger partial charge is 0.368 e. The van der Waals surface area contributed by atoms with E-state index < -0.39 is 11.2 Å². The number of aromatic nitrogens is 7. The van der Waals surface area contributed by atoms with E-state index in [4.69, 9.17) is 17.3 Å². The van der Waals surface area contributed by atoms with E-state index >= 15 is 0 Å². The zero-order valence-electron chi connectivity index (χ0n) is 15.5. The minimum absolute atomic E-state index is 0.0242. The molecule has 3 aromatic heterocycles. The van der Waals surface area contributed by atoms with Crippen molar-refractivity contribution in [1.29, 1.82) is 0 Å². The Labute approximate surface area is 168 Å². The predicted octanol–water partition coefficient (Wildman–Crippen LogP) is 0.646. The topological polar surface area (TPSA) is 139 Å². The van der Waals surface area contributed by atoms with Crippen molar-refractivity contribution in [3.63, 3.8) is 0 Å². The maximum atomic E-state index is 12.6. The van der Waals surface area contributed by atoms with Crippen molar-refractivity contribution in [3.05, 3.63) is 62.3 Å². The van der Waals surface area contributed by atoms with Gasteiger partial charge in [-0.15, -0.1) is 0 Å². The highest BCUT2D eigenvalue weighted by molar-refractivity contribution is 6.30. The van der Waals surface area contributed by atoms with Crippen molar-refractivity contribution in [2.75, 3.05) is 11.1 Å². The number of fused-ring (bicyclic) bond motifs is 1. The van der Waals surface area contributed by atoms with Gasteiger partial charge in [0, 0.05) is 24.8 Å². The third kappa shape index (κ3) is 3.43. The Bertz CT molecular complexity index is 1340. The van der Waals surface area contributed by atoms with Gasteiger partial charge in [0.15, 0.2) is 17.0 Å². The second-order valence-corrected chi connectivity index (χ2v) is 6.75. The smallest absolute Gasteiger partial charge is 0.332 e. The molecule has 0 aliphatic heterocycles. The van der Waals surface area contributed by atoms with Crippen LogP contribution in [0.5, 0.6) is 0 Å². The molecule has 0 saturated heterocycles. The number of nitrogens with two attached hydrogens (primary N) is 1. The third-order valence-electron chi connectivity index (χ3n) is 4.33. The third-order valence-corrected chi connectivity index (χ3v) is 4.58. The van der Waals surface area contributed by atoms with Gasteiger partial charge in [0.05, 0.1) is 12.9 Å². The Morgan fingerprint density at radius 1 is 1.07 bits per heavy atom. The molecule has 4 aromatic rings. The summed E-state index contributed by atoms with van der Waals surface area (Å²) < 4.78 is 3.90. The summed E-state index contributed by atoms with van der Waals surface area (Å²) in [6.45, 7) is 0.117. The van der Waals surface area contributed by atoms with Crippen LogP contribution in [0, 0.1) is 0 Å². The number of hydrogen-bond donors (Lipinski definition) is 2. The molecule has 1 aromatic carbocycles. The summed E-state index contributed by atoms with van der Waals surface area (Å²) in [5.41, 5.74) is 6.18. The first-order valence-electron chi connectivity index (χ1n) is 8.47. The van der Waals surface area contributed by atoms with Gasteiger partial charge in [-0.05, 0) is 24.3 Å². The van der Waals surface area contributed by atoms with Crippen LogP contribution >= 0.6 is 11.6 Å². The van der Waals surface area contributed by atoms with Crippen LogP contribution in [0.25, 0.3) is 11.2 Å². The van der Waals surface area contributed by atoms with E-state index in [0.717, 1.165) is 10.3 Å². The molecular formula is C17H16ClN9O2. The van der Waals surface area contributed by atoms with Gasteiger partial charge in [-0.1, -0.05) is 11.6 Å². The molecule has 0 amide bonds. The lowest BCUT2D eigenvalue weighted by molar-refractivity contribution is 0.698.